The van der Waals surface area contributed by atoms with E-state index in [0.29, 0.717) is 12.2 Å². The van der Waals surface area contributed by atoms with Crippen molar-refractivity contribution in [2.75, 3.05) is 11.9 Å². The van der Waals surface area contributed by atoms with Crippen LogP contribution in [-0.2, 0) is 4.79 Å². The molecule has 0 saturated heterocycles. The monoisotopic (exact) mass is 286 g/mol. The fraction of sp³-hybridized carbons (Fsp3) is 0.286. The van der Waals surface area contributed by atoms with Crippen LogP contribution < -0.4 is 10.1 Å². The molecule has 1 unspecified atom stereocenters. The Kier molecular flexibility index (Phi) is 3.17. The minimum atomic E-state index is -0.921. The second-order valence-electron chi connectivity index (χ2n) is 4.68. The van der Waals surface area contributed by atoms with E-state index in [1.54, 1.807) is 19.1 Å². The van der Waals surface area contributed by atoms with Gasteiger partial charge in [-0.15, -0.1) is 5.10 Å². The summed E-state index contributed by atoms with van der Waals surface area (Å²) in [5.41, 5.74) is 1.54. The number of nitrogens with zero attached hydrogens (tertiary/aromatic N) is 3. The van der Waals surface area contributed by atoms with Gasteiger partial charge < -0.3 is 4.74 Å². The molecule has 0 radical (unpaired) electrons. The van der Waals surface area contributed by atoms with Crippen molar-refractivity contribution in [1.29, 1.82) is 0 Å². The molecule has 108 valence electrons. The summed E-state index contributed by atoms with van der Waals surface area (Å²) in [6.07, 6.45) is 0. The maximum Gasteiger partial charge on any atom is 0.337 e. The molecule has 7 nitrogen and oxygen atoms in total. The minimum Gasteiger partial charge on any atom is -0.463 e. The van der Waals surface area contributed by atoms with E-state index in [4.69, 9.17) is 4.74 Å². The maximum atomic E-state index is 12.5. The number of nitrogens with one attached hydrogen (secondary N) is 1. The lowest BCUT2D eigenvalue weighted by Gasteiger charge is -2.21. The number of anilines is 1. The highest BCUT2D eigenvalue weighted by Gasteiger charge is 2.38. The fourth-order valence-corrected chi connectivity index (χ4v) is 2.32. The third kappa shape index (κ3) is 2.16. The van der Waals surface area contributed by atoms with Gasteiger partial charge in [0.25, 0.3) is 5.91 Å². The molecule has 7 heteroatoms. The van der Waals surface area contributed by atoms with Gasteiger partial charge in [-0.2, -0.15) is 9.67 Å². The topological polar surface area (TPSA) is 86.1 Å². The summed E-state index contributed by atoms with van der Waals surface area (Å²) in [7, 11) is 0. The van der Waals surface area contributed by atoms with E-state index in [2.05, 4.69) is 15.4 Å². The lowest BCUT2D eigenvalue weighted by atomic mass is 9.92. The molecule has 2 aromatic rings. The summed E-state index contributed by atoms with van der Waals surface area (Å²) in [6, 6.07) is 7.36. The Morgan fingerprint density at radius 3 is 2.81 bits per heavy atom. The van der Waals surface area contributed by atoms with Crippen LogP contribution in [0.15, 0.2) is 24.3 Å². The van der Waals surface area contributed by atoms with Gasteiger partial charge in [-0.1, -0.05) is 24.3 Å². The third-order valence-corrected chi connectivity index (χ3v) is 3.31. The van der Waals surface area contributed by atoms with Crippen LogP contribution in [-0.4, -0.2) is 33.2 Å². The van der Waals surface area contributed by atoms with E-state index in [-0.39, 0.29) is 12.0 Å². The van der Waals surface area contributed by atoms with Crippen molar-refractivity contribution in [3.8, 4) is 6.01 Å². The van der Waals surface area contributed by atoms with E-state index in [0.717, 1.165) is 10.2 Å². The average molecular weight is 286 g/mol. The highest BCUT2D eigenvalue weighted by Crippen LogP contribution is 2.28. The molecule has 21 heavy (non-hydrogen) atoms. The van der Waals surface area contributed by atoms with Crippen LogP contribution in [0.4, 0.5) is 5.95 Å². The smallest absolute Gasteiger partial charge is 0.337 e. The Labute approximate surface area is 120 Å². The highest BCUT2D eigenvalue weighted by molar-refractivity contribution is 6.15. The van der Waals surface area contributed by atoms with E-state index >= 15 is 0 Å². The maximum absolute atomic E-state index is 12.5. The van der Waals surface area contributed by atoms with Crippen molar-refractivity contribution in [2.45, 2.75) is 19.8 Å². The number of aromatic nitrogens is 3. The summed E-state index contributed by atoms with van der Waals surface area (Å²) < 4.78 is 6.25. The standard InChI is InChI=1S/C14H14N4O3/c1-3-21-14-16-13-15-11(19)10(12(20)18(13)17-14)9-7-5-4-6-8(9)2/h4-7,10H,3H2,1-2H3,(H,15,16,17,19). The largest absolute Gasteiger partial charge is 0.463 e. The van der Waals surface area contributed by atoms with Gasteiger partial charge in [0.05, 0.1) is 6.61 Å². The van der Waals surface area contributed by atoms with Crippen LogP contribution in [0.3, 0.4) is 0 Å². The van der Waals surface area contributed by atoms with Crippen LogP contribution in [0, 0.1) is 6.92 Å². The van der Waals surface area contributed by atoms with Gasteiger partial charge in [-0.25, -0.2) is 0 Å². The van der Waals surface area contributed by atoms with Gasteiger partial charge in [0, 0.05) is 0 Å². The molecule has 0 aliphatic carbocycles. The number of carbonyl (C=O) groups is 2. The molecule has 1 aliphatic heterocycles. The van der Waals surface area contributed by atoms with Crippen molar-refractivity contribution in [1.82, 2.24) is 14.8 Å². The quantitative estimate of drug-likeness (QED) is 0.861. The molecule has 3 rings (SSSR count). The molecule has 0 bridgehead atoms. The molecule has 1 N–H and O–H groups in total. The van der Waals surface area contributed by atoms with Crippen molar-refractivity contribution in [3.05, 3.63) is 35.4 Å². The normalized spacial score (nSPS) is 17.3. The van der Waals surface area contributed by atoms with Crippen LogP contribution in [0.1, 0.15) is 28.8 Å². The number of rotatable bonds is 3. The van der Waals surface area contributed by atoms with E-state index in [1.165, 1.54) is 0 Å². The third-order valence-electron chi connectivity index (χ3n) is 3.31. The fourth-order valence-electron chi connectivity index (χ4n) is 2.32. The number of carbonyl (C=O) groups excluding carboxylic acids is 2. The number of amides is 1. The van der Waals surface area contributed by atoms with Crippen LogP contribution in [0.25, 0.3) is 0 Å². The number of hydrogen-bond acceptors (Lipinski definition) is 5. The zero-order valence-corrected chi connectivity index (χ0v) is 11.7. The minimum absolute atomic E-state index is 0.0755. The van der Waals surface area contributed by atoms with E-state index in [9.17, 15) is 9.59 Å². The van der Waals surface area contributed by atoms with Crippen molar-refractivity contribution >= 4 is 17.8 Å². The predicted molar refractivity (Wildman–Crippen MR) is 74.4 cm³/mol. The molecular weight excluding hydrogens is 272 g/mol. The van der Waals surface area contributed by atoms with E-state index in [1.807, 2.05) is 19.1 Å². The summed E-state index contributed by atoms with van der Waals surface area (Å²) in [6.45, 7) is 4.03. The lowest BCUT2D eigenvalue weighted by Crippen LogP contribution is -2.38. The first kappa shape index (κ1) is 13.3. The molecule has 2 heterocycles. The first-order chi connectivity index (χ1) is 10.1. The first-order valence-corrected chi connectivity index (χ1v) is 6.62. The van der Waals surface area contributed by atoms with Crippen molar-refractivity contribution in [2.24, 2.45) is 0 Å². The molecule has 0 saturated carbocycles. The average Bonchev–Trinajstić information content (AvgIpc) is 2.84. The molecule has 1 atom stereocenters. The zero-order chi connectivity index (χ0) is 15.0. The van der Waals surface area contributed by atoms with Gasteiger partial charge in [0.15, 0.2) is 0 Å². The molecule has 1 aromatic carbocycles. The number of benzene rings is 1. The number of ether oxygens (including phenoxy) is 1. The summed E-state index contributed by atoms with van der Waals surface area (Å²) in [5.74, 6) is -1.66. The zero-order valence-electron chi connectivity index (χ0n) is 11.7. The Bertz CT molecular complexity index is 723. The second kappa shape index (κ2) is 5.01. The first-order valence-electron chi connectivity index (χ1n) is 6.62. The summed E-state index contributed by atoms with van der Waals surface area (Å²) >= 11 is 0. The number of hydrogen-bond donors (Lipinski definition) is 1. The van der Waals surface area contributed by atoms with Gasteiger partial charge in [0.2, 0.25) is 11.9 Å². The summed E-state index contributed by atoms with van der Waals surface area (Å²) in [5, 5.41) is 6.57. The van der Waals surface area contributed by atoms with Crippen molar-refractivity contribution < 1.29 is 14.3 Å². The molecule has 1 aliphatic rings. The molecule has 0 spiro atoms. The molecule has 1 amide bonds. The number of fused-ring (bicyclic) bond motifs is 1. The summed E-state index contributed by atoms with van der Waals surface area (Å²) in [4.78, 5) is 28.7. The lowest BCUT2D eigenvalue weighted by molar-refractivity contribution is -0.117. The number of aryl methyl sites for hydroxylation is 1. The Morgan fingerprint density at radius 2 is 2.10 bits per heavy atom. The molecule has 0 fully saturated rings. The van der Waals surface area contributed by atoms with Crippen LogP contribution in [0.2, 0.25) is 0 Å². The van der Waals surface area contributed by atoms with Gasteiger partial charge in [0.1, 0.15) is 5.92 Å². The van der Waals surface area contributed by atoms with Crippen LogP contribution in [0.5, 0.6) is 6.01 Å². The highest BCUT2D eigenvalue weighted by atomic mass is 16.5. The Hall–Kier alpha value is -2.70. The molecular formula is C14H14N4O3. The van der Waals surface area contributed by atoms with Gasteiger partial charge in [-0.3, -0.25) is 14.9 Å². The SMILES string of the molecule is CCOc1nc2n(n1)C(=O)C(c1ccccc1C)C(=O)N2. The van der Waals surface area contributed by atoms with Crippen LogP contribution >= 0.6 is 0 Å². The van der Waals surface area contributed by atoms with E-state index < -0.39 is 17.7 Å². The molecule has 1 aromatic heterocycles. The van der Waals surface area contributed by atoms with Gasteiger partial charge in [-0.05, 0) is 25.0 Å². The van der Waals surface area contributed by atoms with Gasteiger partial charge >= 0.3 is 6.01 Å². The Morgan fingerprint density at radius 1 is 1.33 bits per heavy atom. The Balaban J connectivity index is 2.03. The predicted octanol–water partition coefficient (Wildman–Crippen LogP) is 1.36. The van der Waals surface area contributed by atoms with Crippen molar-refractivity contribution in [3.63, 3.8) is 0 Å². The second-order valence-corrected chi connectivity index (χ2v) is 4.68.